The van der Waals surface area contributed by atoms with Crippen LogP contribution in [0.15, 0.2) is 54.6 Å². The minimum atomic E-state index is -0.708. The standard InChI is InChI=1S/C33H35N9O5/c1-3-40-17-22(13-23(40)18-43)38-32(45)30-37-19-42(39-30)31-28-27(26(47-2)16-36-31)25(15-35-28)29(44)33(46)41-11-9-21(10-12-41)24(14-34)20-7-5-4-6-8-20/h4-8,15-16,19,22-23,35,43H,3,9-13,17-18H2,1-2H3,(H,38,45)/t22-,23-/m0/s1. The van der Waals surface area contributed by atoms with Gasteiger partial charge in [-0.1, -0.05) is 37.3 Å². The summed E-state index contributed by atoms with van der Waals surface area (Å²) in [5.74, 6) is -1.33. The number of methoxy groups -OCH3 is 1. The molecule has 242 valence electrons. The first-order chi connectivity index (χ1) is 22.9. The SMILES string of the molecule is CCN1C[C@@H](NC(=O)c2ncn(-c3ncc(OC)c4c(C(=O)C(=O)N5CCC(=C(C#N)c6ccccc6)CC5)c[nH]c34)n2)C[C@H]1CO. The number of H-pyrrole nitrogens is 1. The van der Waals surface area contributed by atoms with Crippen LogP contribution in [-0.4, -0.2) is 109 Å². The zero-order chi connectivity index (χ0) is 33.1. The van der Waals surface area contributed by atoms with E-state index in [0.717, 1.165) is 17.7 Å². The Morgan fingerprint density at radius 2 is 1.94 bits per heavy atom. The predicted molar refractivity (Wildman–Crippen MR) is 171 cm³/mol. The summed E-state index contributed by atoms with van der Waals surface area (Å²) < 4.78 is 6.84. The second-order valence-electron chi connectivity index (χ2n) is 11.5. The monoisotopic (exact) mass is 637 g/mol. The second kappa shape index (κ2) is 13.5. The highest BCUT2D eigenvalue weighted by molar-refractivity contribution is 6.45. The summed E-state index contributed by atoms with van der Waals surface area (Å²) in [5.41, 5.74) is 2.90. The molecule has 0 unspecified atom stereocenters. The maximum Gasteiger partial charge on any atom is 0.295 e. The highest BCUT2D eigenvalue weighted by Crippen LogP contribution is 2.33. The third-order valence-corrected chi connectivity index (χ3v) is 8.89. The number of aromatic nitrogens is 5. The molecule has 5 heterocycles. The van der Waals surface area contributed by atoms with Gasteiger partial charge in [-0.25, -0.2) is 9.97 Å². The number of likely N-dealkylation sites (N-methyl/N-ethyl adjacent to an activating group) is 1. The van der Waals surface area contributed by atoms with E-state index in [-0.39, 0.29) is 41.6 Å². The lowest BCUT2D eigenvalue weighted by atomic mass is 9.93. The number of aromatic amines is 1. The number of nitrogens with one attached hydrogen (secondary N) is 2. The van der Waals surface area contributed by atoms with E-state index in [4.69, 9.17) is 4.74 Å². The minimum absolute atomic E-state index is 0.00968. The number of ketones is 1. The van der Waals surface area contributed by atoms with Gasteiger partial charge in [0.15, 0.2) is 5.82 Å². The fourth-order valence-electron chi connectivity index (χ4n) is 6.44. The molecular weight excluding hydrogens is 602 g/mol. The van der Waals surface area contributed by atoms with E-state index in [1.807, 2.05) is 37.3 Å². The fourth-order valence-corrected chi connectivity index (χ4v) is 6.44. The van der Waals surface area contributed by atoms with E-state index in [1.54, 1.807) is 0 Å². The van der Waals surface area contributed by atoms with E-state index < -0.39 is 17.6 Å². The largest absolute Gasteiger partial charge is 0.494 e. The Bertz CT molecular complexity index is 1870. The van der Waals surface area contributed by atoms with Crippen molar-refractivity contribution in [2.24, 2.45) is 0 Å². The number of hydrogen-bond acceptors (Lipinski definition) is 10. The van der Waals surface area contributed by atoms with Crippen molar-refractivity contribution < 1.29 is 24.2 Å². The van der Waals surface area contributed by atoms with Crippen LogP contribution in [0.4, 0.5) is 0 Å². The molecule has 0 bridgehead atoms. The van der Waals surface area contributed by atoms with Crippen LogP contribution >= 0.6 is 0 Å². The average Bonchev–Trinajstić information content (AvgIpc) is 3.87. The number of nitriles is 1. The Hall–Kier alpha value is -5.39. The zero-order valence-electron chi connectivity index (χ0n) is 26.1. The Morgan fingerprint density at radius 1 is 1.17 bits per heavy atom. The Labute approximate surface area is 270 Å². The number of aliphatic hydroxyl groups is 1. The number of benzene rings is 1. The van der Waals surface area contributed by atoms with Gasteiger partial charge in [0.25, 0.3) is 17.6 Å². The van der Waals surface area contributed by atoms with Crippen LogP contribution in [0.3, 0.4) is 0 Å². The quantitative estimate of drug-likeness (QED) is 0.140. The minimum Gasteiger partial charge on any atom is -0.494 e. The van der Waals surface area contributed by atoms with Gasteiger partial charge in [0, 0.05) is 37.9 Å². The Morgan fingerprint density at radius 3 is 2.60 bits per heavy atom. The van der Waals surface area contributed by atoms with Gasteiger partial charge in [-0.3, -0.25) is 19.3 Å². The number of rotatable bonds is 9. The van der Waals surface area contributed by atoms with Crippen molar-refractivity contribution in [3.63, 3.8) is 0 Å². The summed E-state index contributed by atoms with van der Waals surface area (Å²) in [5, 5.41) is 27.1. The zero-order valence-corrected chi connectivity index (χ0v) is 26.1. The van der Waals surface area contributed by atoms with E-state index in [1.165, 1.54) is 35.4 Å². The molecule has 0 aliphatic carbocycles. The summed E-state index contributed by atoms with van der Waals surface area (Å²) in [4.78, 5) is 55.3. The summed E-state index contributed by atoms with van der Waals surface area (Å²) in [6, 6.07) is 11.6. The number of piperidine rings is 1. The van der Waals surface area contributed by atoms with E-state index >= 15 is 0 Å². The lowest BCUT2D eigenvalue weighted by molar-refractivity contribution is -0.126. The molecule has 2 saturated heterocycles. The van der Waals surface area contributed by atoms with E-state index in [9.17, 15) is 24.8 Å². The van der Waals surface area contributed by atoms with Crippen molar-refractivity contribution >= 4 is 34.1 Å². The molecule has 2 amide bonds. The first kappa shape index (κ1) is 31.6. The van der Waals surface area contributed by atoms with Crippen LogP contribution in [0.2, 0.25) is 0 Å². The van der Waals surface area contributed by atoms with Crippen LogP contribution in [0.1, 0.15) is 52.7 Å². The van der Waals surface area contributed by atoms with Gasteiger partial charge < -0.3 is 25.0 Å². The van der Waals surface area contributed by atoms with Crippen LogP contribution in [0.5, 0.6) is 5.75 Å². The molecule has 2 atom stereocenters. The van der Waals surface area contributed by atoms with Crippen molar-refractivity contribution in [2.75, 3.05) is 39.9 Å². The fraction of sp³-hybridized carbons (Fsp3) is 0.364. The molecule has 4 aromatic rings. The molecule has 2 fully saturated rings. The summed E-state index contributed by atoms with van der Waals surface area (Å²) in [6.07, 6.45) is 5.82. The molecule has 3 aromatic heterocycles. The number of aliphatic hydroxyl groups excluding tert-OH is 1. The molecule has 0 spiro atoms. The predicted octanol–water partition coefficient (Wildman–Crippen LogP) is 2.12. The lowest BCUT2D eigenvalue weighted by Gasteiger charge is -2.28. The first-order valence-electron chi connectivity index (χ1n) is 15.5. The molecule has 47 heavy (non-hydrogen) atoms. The highest BCUT2D eigenvalue weighted by Gasteiger charge is 2.33. The van der Waals surface area contributed by atoms with E-state index in [0.29, 0.717) is 55.4 Å². The number of allylic oxidation sites excluding steroid dienone is 1. The number of carbonyl (C=O) groups excluding carboxylic acids is 3. The van der Waals surface area contributed by atoms with Crippen LogP contribution in [0, 0.1) is 11.3 Å². The Kier molecular flexibility index (Phi) is 9.10. The number of hydrogen-bond donors (Lipinski definition) is 3. The van der Waals surface area contributed by atoms with Crippen molar-refractivity contribution in [2.45, 2.75) is 38.3 Å². The molecular formula is C33H35N9O5. The normalized spacial score (nSPS) is 18.3. The van der Waals surface area contributed by atoms with Crippen molar-refractivity contribution in [3.8, 4) is 17.6 Å². The number of carbonyl (C=O) groups is 3. The van der Waals surface area contributed by atoms with Crippen molar-refractivity contribution in [3.05, 3.63) is 71.6 Å². The smallest absolute Gasteiger partial charge is 0.295 e. The summed E-state index contributed by atoms with van der Waals surface area (Å²) >= 11 is 0. The molecule has 6 rings (SSSR count). The van der Waals surface area contributed by atoms with E-state index in [2.05, 4.69) is 36.3 Å². The van der Waals surface area contributed by atoms with Gasteiger partial charge >= 0.3 is 0 Å². The molecule has 0 radical (unpaired) electrons. The third kappa shape index (κ3) is 6.10. The van der Waals surface area contributed by atoms with Crippen LogP contribution < -0.4 is 10.1 Å². The van der Waals surface area contributed by atoms with Gasteiger partial charge in [0.05, 0.1) is 48.0 Å². The highest BCUT2D eigenvalue weighted by atomic mass is 16.5. The maximum absolute atomic E-state index is 13.6. The van der Waals surface area contributed by atoms with Crippen molar-refractivity contribution in [1.82, 2.24) is 39.8 Å². The maximum atomic E-state index is 13.6. The molecule has 14 nitrogen and oxygen atoms in total. The summed E-state index contributed by atoms with van der Waals surface area (Å²) in [6.45, 7) is 4.04. The molecule has 2 aliphatic rings. The van der Waals surface area contributed by atoms with Gasteiger partial charge in [-0.2, -0.15) is 9.94 Å². The molecule has 14 heteroatoms. The number of likely N-dealkylation sites (tertiary alicyclic amines) is 2. The van der Waals surface area contributed by atoms with Gasteiger partial charge in [0.1, 0.15) is 12.1 Å². The molecule has 1 aromatic carbocycles. The second-order valence-corrected chi connectivity index (χ2v) is 11.5. The topological polar surface area (TPSA) is 182 Å². The molecule has 2 aliphatic heterocycles. The van der Waals surface area contributed by atoms with Crippen molar-refractivity contribution in [1.29, 1.82) is 5.26 Å². The van der Waals surface area contributed by atoms with Gasteiger partial charge in [0.2, 0.25) is 5.82 Å². The average molecular weight is 638 g/mol. The third-order valence-electron chi connectivity index (χ3n) is 8.89. The van der Waals surface area contributed by atoms with Crippen LogP contribution in [-0.2, 0) is 4.79 Å². The Balaban J connectivity index is 1.20. The number of nitrogens with zero attached hydrogens (tertiary/aromatic N) is 7. The number of amides is 2. The molecule has 0 saturated carbocycles. The number of pyridine rings is 1. The first-order valence-corrected chi connectivity index (χ1v) is 15.5. The summed E-state index contributed by atoms with van der Waals surface area (Å²) in [7, 11) is 1.44. The van der Waals surface area contributed by atoms with Gasteiger partial charge in [-0.05, 0) is 36.9 Å². The number of ether oxygens (including phenoxy) is 1. The number of Topliss-reactive ketones (excluding diaryl/α,β-unsaturated/α-hetero) is 1. The molecule has 3 N–H and O–H groups in total. The number of fused-ring (bicyclic) bond motifs is 1. The van der Waals surface area contributed by atoms with Crippen LogP contribution in [0.25, 0.3) is 22.3 Å². The van der Waals surface area contributed by atoms with Gasteiger partial charge in [-0.15, -0.1) is 5.10 Å². The lowest BCUT2D eigenvalue weighted by Crippen LogP contribution is -2.40.